The van der Waals surface area contributed by atoms with Crippen molar-refractivity contribution in [3.63, 3.8) is 0 Å². The first-order chi connectivity index (χ1) is 51.9. The summed E-state index contributed by atoms with van der Waals surface area (Å²) in [4.78, 5) is 124. The highest BCUT2D eigenvalue weighted by Crippen LogP contribution is 2.44. The van der Waals surface area contributed by atoms with Gasteiger partial charge in [-0.2, -0.15) is 0 Å². The second kappa shape index (κ2) is 54.2. The molecule has 14 atom stereocenters. The van der Waals surface area contributed by atoms with E-state index in [1.54, 1.807) is 41.1 Å². The number of unbranched alkanes of at least 4 members (excludes halogenated alkanes) is 24. The van der Waals surface area contributed by atoms with Gasteiger partial charge in [0.2, 0.25) is 6.79 Å². The molecule has 2 aliphatic heterocycles. The van der Waals surface area contributed by atoms with E-state index in [2.05, 4.69) is 27.4 Å². The van der Waals surface area contributed by atoms with Crippen LogP contribution in [0.3, 0.4) is 0 Å². The van der Waals surface area contributed by atoms with Crippen molar-refractivity contribution in [2.24, 2.45) is 35.5 Å². The molecule has 0 radical (unpaired) electrons. The number of Topliss-reactive ketones (excluding diaryl/α,β-unsaturated/α-hetero) is 2. The summed E-state index contributed by atoms with van der Waals surface area (Å²) in [6.45, 7) is 16.1. The minimum atomic E-state index is -2.09. The number of allylic oxidation sites excluding steroid dienone is 4. The Hall–Kier alpha value is -5.55. The Morgan fingerprint density at radius 2 is 1.13 bits per heavy atom. The first kappa shape index (κ1) is 94.8. The van der Waals surface area contributed by atoms with Crippen LogP contribution in [0.5, 0.6) is 0 Å². The van der Waals surface area contributed by atoms with Crippen molar-refractivity contribution in [1.82, 2.24) is 4.90 Å². The van der Waals surface area contributed by atoms with Crippen LogP contribution in [0.15, 0.2) is 36.0 Å². The van der Waals surface area contributed by atoms with Gasteiger partial charge in [0, 0.05) is 64.9 Å². The van der Waals surface area contributed by atoms with Gasteiger partial charge in [0.1, 0.15) is 42.8 Å². The monoisotopic (exact) mass is 1530 g/mol. The quantitative estimate of drug-likeness (QED) is 0.0143. The molecule has 1 amide bonds. The number of rotatable bonds is 46. The van der Waals surface area contributed by atoms with Crippen molar-refractivity contribution < 1.29 is 101 Å². The van der Waals surface area contributed by atoms with Gasteiger partial charge in [0.15, 0.2) is 6.10 Å². The van der Waals surface area contributed by atoms with Crippen LogP contribution in [0.25, 0.3) is 0 Å². The van der Waals surface area contributed by atoms with Crippen LogP contribution in [-0.4, -0.2) is 171 Å². The van der Waals surface area contributed by atoms with Crippen molar-refractivity contribution in [3.8, 4) is 0 Å². The van der Waals surface area contributed by atoms with E-state index in [4.69, 9.17) is 47.4 Å². The molecule has 0 aromatic carbocycles. The molecular weight excluding hydrogens is 1380 g/mol. The van der Waals surface area contributed by atoms with Crippen LogP contribution in [0.1, 0.15) is 318 Å². The van der Waals surface area contributed by atoms with Crippen molar-refractivity contribution in [3.05, 3.63) is 36.0 Å². The Morgan fingerprint density at radius 1 is 0.620 bits per heavy atom. The van der Waals surface area contributed by atoms with E-state index in [1.807, 2.05) is 19.1 Å². The lowest BCUT2D eigenvalue weighted by molar-refractivity contribution is -0.178. The first-order valence-electron chi connectivity index (χ1n) is 42.0. The normalized spacial score (nSPS) is 26.9. The standard InChI is InChI=1S/C86H143NO21/c1-12-15-17-19-21-23-25-27-29-31-33-35-37-43-77(90)102-58-68(59-103-78(91)44-38-36-34-32-30-28-26-24-22-20-18-16-13-2)106-80(93)48-47-79(92)104-60-105-85(97)107-73-46-45-66(55-76(73)101-11)53-63(6)81-65(8)71(88)56-72(89)67(41-14-3)51-61(4)50-62(5)52-74(99-9)69-57-86(98,64(7)54-75(69)100-10)82(94)83(95)87-49-40-39-42-70(87)84(96)108-81/h14,51,53,62,64-71,73-76,81,88,98H,3,12-13,15-50,52,54-60H2,1-2,4-11H3/b61-51+,63-53+/t62-,64+,65+,66?,67+,69+,70-,71-,73+,74-,75-,76+,81+,86-/m0/s1. The fourth-order valence-corrected chi connectivity index (χ4v) is 16.2. The number of aliphatic hydroxyl groups is 2. The number of carbonyl (C=O) groups is 9. The number of piperidine rings is 1. The molecule has 4 aliphatic rings. The van der Waals surface area contributed by atoms with E-state index >= 15 is 0 Å². The van der Waals surface area contributed by atoms with Gasteiger partial charge >= 0.3 is 36.0 Å². The van der Waals surface area contributed by atoms with Crippen LogP contribution in [-0.2, 0) is 85.7 Å². The van der Waals surface area contributed by atoms with E-state index < -0.39 is 139 Å². The van der Waals surface area contributed by atoms with Crippen LogP contribution in [0, 0.1) is 35.5 Å². The highest BCUT2D eigenvalue weighted by atomic mass is 16.8. The third-order valence-corrected chi connectivity index (χ3v) is 22.8. The molecule has 4 rings (SSSR count). The summed E-state index contributed by atoms with van der Waals surface area (Å²) in [6.07, 6.45) is 32.0. The Bertz CT molecular complexity index is 2690. The molecule has 2 saturated carbocycles. The lowest BCUT2D eigenvalue weighted by atomic mass is 9.65. The topological polar surface area (TPSA) is 290 Å². The zero-order chi connectivity index (χ0) is 79.2. The lowest BCUT2D eigenvalue weighted by Gasteiger charge is -2.47. The van der Waals surface area contributed by atoms with Gasteiger partial charge in [0.25, 0.3) is 11.7 Å². The fraction of sp³-hybridized carbons (Fsp3) is 0.826. The Kier molecular flexibility index (Phi) is 47.6. The number of nitrogens with zero attached hydrogens (tertiary/aromatic N) is 1. The van der Waals surface area contributed by atoms with Crippen LogP contribution in [0.4, 0.5) is 4.79 Å². The Morgan fingerprint density at radius 3 is 1.66 bits per heavy atom. The number of ether oxygens (including phenoxy) is 10. The molecule has 0 spiro atoms. The minimum Gasteiger partial charge on any atom is -0.462 e. The van der Waals surface area contributed by atoms with E-state index in [0.717, 1.165) is 44.1 Å². The second-order valence-electron chi connectivity index (χ2n) is 31.9. The lowest BCUT2D eigenvalue weighted by Crippen LogP contribution is -2.61. The number of amides is 1. The number of fused-ring (bicyclic) bond motifs is 3. The smallest absolute Gasteiger partial charge is 0.462 e. The highest BCUT2D eigenvalue weighted by Gasteiger charge is 2.55. The Balaban J connectivity index is 1.35. The highest BCUT2D eigenvalue weighted by molar-refractivity contribution is 6.39. The summed E-state index contributed by atoms with van der Waals surface area (Å²) in [5.74, 6) is -8.49. The SMILES string of the molecule is C=CC[C@@H]1/C=C(\C)C[C@H](C)C[C@H](OC)[C@H]2C[C@@](O)(C(=O)C(=O)N3CCCC[C@H]3C(=O)O[C@H](/C(C)=C/C3CC[C@@H](OC(=O)OCOC(=O)CCC(=O)OC(COC(=O)CCCCCCCCCCCCCCC)COC(=O)CCCCCCCCCCCCCCC)[C@H](OC)C3)[C@H](C)[C@@H](O)CC1=O)[C@H](C)C[C@@H]2OC. The maximum Gasteiger partial charge on any atom is 0.511 e. The maximum atomic E-state index is 14.8. The summed E-state index contributed by atoms with van der Waals surface area (Å²) < 4.78 is 56.9. The van der Waals surface area contributed by atoms with Crippen LogP contribution in [0.2, 0.25) is 0 Å². The molecule has 22 heteroatoms. The number of esters is 5. The maximum absolute atomic E-state index is 14.8. The van der Waals surface area contributed by atoms with Crippen molar-refractivity contribution in [2.75, 3.05) is 47.9 Å². The van der Waals surface area contributed by atoms with Gasteiger partial charge < -0.3 is 62.5 Å². The number of cyclic esters (lactones) is 1. The van der Waals surface area contributed by atoms with E-state index in [1.165, 1.54) is 128 Å². The predicted octanol–water partition coefficient (Wildman–Crippen LogP) is 16.7. The molecule has 2 aliphatic carbocycles. The zero-order valence-electron chi connectivity index (χ0n) is 68.1. The average molecular weight is 1530 g/mol. The molecular formula is C86H143NO21. The van der Waals surface area contributed by atoms with Crippen molar-refractivity contribution in [1.29, 1.82) is 0 Å². The third kappa shape index (κ3) is 35.4. The van der Waals surface area contributed by atoms with E-state index in [0.29, 0.717) is 63.4 Å². The molecule has 0 aromatic heterocycles. The number of aliphatic hydroxyl groups excluding tert-OH is 1. The number of carbonyl (C=O) groups excluding carboxylic acids is 9. The number of hydrogen-bond acceptors (Lipinski definition) is 21. The number of hydrogen-bond donors (Lipinski definition) is 2. The third-order valence-electron chi connectivity index (χ3n) is 22.8. The summed E-state index contributed by atoms with van der Waals surface area (Å²) in [5.41, 5.74) is -0.613. The molecule has 22 nitrogen and oxygen atoms in total. The molecule has 2 heterocycles. The molecule has 1 unspecified atom stereocenters. The van der Waals surface area contributed by atoms with Gasteiger partial charge in [-0.15, -0.1) is 6.58 Å². The molecule has 0 aromatic rings. The predicted molar refractivity (Wildman–Crippen MR) is 414 cm³/mol. The molecule has 108 heavy (non-hydrogen) atoms. The van der Waals surface area contributed by atoms with E-state index in [9.17, 15) is 53.4 Å². The molecule has 3 fully saturated rings. The largest absolute Gasteiger partial charge is 0.511 e. The van der Waals surface area contributed by atoms with Gasteiger partial charge in [-0.3, -0.25) is 33.6 Å². The first-order valence-corrected chi connectivity index (χ1v) is 42.0. The van der Waals surface area contributed by atoms with E-state index in [-0.39, 0.29) is 88.4 Å². The Labute approximate surface area is 648 Å². The molecule has 618 valence electrons. The van der Waals surface area contributed by atoms with Crippen LogP contribution >= 0.6 is 0 Å². The van der Waals surface area contributed by atoms with Gasteiger partial charge in [0.05, 0.1) is 37.3 Å². The minimum absolute atomic E-state index is 0.0241. The molecule has 2 bridgehead atoms. The fourth-order valence-electron chi connectivity index (χ4n) is 16.2. The van der Waals surface area contributed by atoms with Gasteiger partial charge in [-0.1, -0.05) is 213 Å². The van der Waals surface area contributed by atoms with Crippen molar-refractivity contribution >= 4 is 53.5 Å². The summed E-state index contributed by atoms with van der Waals surface area (Å²) in [5, 5.41) is 24.5. The van der Waals surface area contributed by atoms with Gasteiger partial charge in [-0.05, 0) is 121 Å². The second-order valence-corrected chi connectivity index (χ2v) is 31.9. The summed E-state index contributed by atoms with van der Waals surface area (Å²) >= 11 is 0. The number of methoxy groups -OCH3 is 3. The van der Waals surface area contributed by atoms with Crippen molar-refractivity contribution in [2.45, 2.75) is 373 Å². The van der Waals surface area contributed by atoms with Crippen LogP contribution < -0.4 is 0 Å². The molecule has 1 saturated heterocycles. The zero-order valence-corrected chi connectivity index (χ0v) is 68.1. The van der Waals surface area contributed by atoms with Gasteiger partial charge in [-0.25, -0.2) is 9.59 Å². The molecule has 2 N–H and O–H groups in total. The number of ketones is 2. The average Bonchev–Trinajstić information content (AvgIpc) is 0.769. The summed E-state index contributed by atoms with van der Waals surface area (Å²) in [6, 6.07) is -1.20. The summed E-state index contributed by atoms with van der Waals surface area (Å²) in [7, 11) is 4.63.